The van der Waals surface area contributed by atoms with Gasteiger partial charge in [0.2, 0.25) is 6.41 Å². The van der Waals surface area contributed by atoms with Crippen LogP contribution < -0.4 is 5.32 Å². The molecule has 1 amide bonds. The first-order valence-electron chi connectivity index (χ1n) is 5.53. The minimum atomic E-state index is -3.03. The molecule has 106 valence electrons. The Morgan fingerprint density at radius 1 is 1.39 bits per heavy atom. The number of amides is 1. The lowest BCUT2D eigenvalue weighted by Crippen LogP contribution is -2.36. The molecule has 0 aromatic rings. The van der Waals surface area contributed by atoms with E-state index >= 15 is 0 Å². The first kappa shape index (κ1) is 17.2. The molecule has 18 heavy (non-hydrogen) atoms. The molecule has 1 atom stereocenters. The molecule has 0 aliphatic rings. The van der Waals surface area contributed by atoms with Crippen molar-refractivity contribution in [1.82, 2.24) is 5.32 Å². The molecule has 0 aliphatic heterocycles. The normalized spacial score (nSPS) is 13.3. The van der Waals surface area contributed by atoms with Crippen molar-refractivity contribution in [3.05, 3.63) is 0 Å². The lowest BCUT2D eigenvalue weighted by Gasteiger charge is -2.11. The predicted molar refractivity (Wildman–Crippen MR) is 71.5 cm³/mol. The average Bonchev–Trinajstić information content (AvgIpc) is 2.26. The second-order valence-electron chi connectivity index (χ2n) is 3.99. The highest BCUT2D eigenvalue weighted by atomic mass is 32.2. The highest BCUT2D eigenvalue weighted by molar-refractivity contribution is 8.00. The van der Waals surface area contributed by atoms with Gasteiger partial charge in [0, 0.05) is 5.75 Å². The summed E-state index contributed by atoms with van der Waals surface area (Å²) >= 11 is 1.37. The van der Waals surface area contributed by atoms with Crippen molar-refractivity contribution in [1.29, 1.82) is 0 Å². The van der Waals surface area contributed by atoms with Crippen LogP contribution in [0.4, 0.5) is 0 Å². The molecule has 0 aromatic carbocycles. The van der Waals surface area contributed by atoms with E-state index in [1.165, 1.54) is 11.8 Å². The smallest absolute Gasteiger partial charge is 0.326 e. The first-order valence-corrected chi connectivity index (χ1v) is 8.40. The van der Waals surface area contributed by atoms with Crippen LogP contribution in [-0.4, -0.2) is 54.5 Å². The summed E-state index contributed by atoms with van der Waals surface area (Å²) in [5.74, 6) is -0.0643. The number of rotatable bonds is 10. The van der Waals surface area contributed by atoms with E-state index < -0.39 is 21.8 Å². The van der Waals surface area contributed by atoms with Crippen LogP contribution in [0.5, 0.6) is 0 Å². The predicted octanol–water partition coefficient (Wildman–Crippen LogP) is 0.132. The zero-order chi connectivity index (χ0) is 14.2. The van der Waals surface area contributed by atoms with Crippen LogP contribution in [0.2, 0.25) is 0 Å². The SMILES string of the molecule is CC(C)S(=O)(=O)CCSCCC(NC=O)C(=O)O. The lowest BCUT2D eigenvalue weighted by molar-refractivity contribution is -0.140. The molecule has 0 fully saturated rings. The Hall–Kier alpha value is -0.760. The molecule has 0 saturated heterocycles. The molecular formula is C10H19NO5S2. The molecule has 0 heterocycles. The summed E-state index contributed by atoms with van der Waals surface area (Å²) in [6, 6.07) is -0.906. The Morgan fingerprint density at radius 3 is 2.44 bits per heavy atom. The molecule has 0 saturated carbocycles. The Bertz CT molecular complexity index is 366. The van der Waals surface area contributed by atoms with Gasteiger partial charge in [-0.15, -0.1) is 0 Å². The molecule has 0 spiro atoms. The number of nitrogens with one attached hydrogen (secondary N) is 1. The van der Waals surface area contributed by atoms with Crippen LogP contribution >= 0.6 is 11.8 Å². The molecule has 0 radical (unpaired) electrons. The summed E-state index contributed by atoms with van der Waals surface area (Å²) in [5.41, 5.74) is 0. The number of sulfone groups is 1. The molecule has 8 heteroatoms. The van der Waals surface area contributed by atoms with Crippen LogP contribution in [0.15, 0.2) is 0 Å². The van der Waals surface area contributed by atoms with Gasteiger partial charge in [0.1, 0.15) is 6.04 Å². The van der Waals surface area contributed by atoms with Gasteiger partial charge in [0.25, 0.3) is 0 Å². The minimum absolute atomic E-state index is 0.0914. The van der Waals surface area contributed by atoms with E-state index in [0.717, 1.165) is 0 Å². The highest BCUT2D eigenvalue weighted by Gasteiger charge is 2.17. The van der Waals surface area contributed by atoms with Gasteiger partial charge in [-0.2, -0.15) is 11.8 Å². The average molecular weight is 297 g/mol. The van der Waals surface area contributed by atoms with Crippen molar-refractivity contribution in [2.24, 2.45) is 0 Å². The fourth-order valence-electron chi connectivity index (χ4n) is 1.07. The molecule has 6 nitrogen and oxygen atoms in total. The highest BCUT2D eigenvalue weighted by Crippen LogP contribution is 2.09. The van der Waals surface area contributed by atoms with E-state index in [2.05, 4.69) is 5.32 Å². The number of hydrogen-bond donors (Lipinski definition) is 2. The maximum atomic E-state index is 11.5. The van der Waals surface area contributed by atoms with Crippen molar-refractivity contribution in [3.63, 3.8) is 0 Å². The van der Waals surface area contributed by atoms with Gasteiger partial charge >= 0.3 is 5.97 Å². The fraction of sp³-hybridized carbons (Fsp3) is 0.800. The van der Waals surface area contributed by atoms with Crippen molar-refractivity contribution in [2.75, 3.05) is 17.3 Å². The first-order chi connectivity index (χ1) is 8.31. The zero-order valence-electron chi connectivity index (χ0n) is 10.5. The largest absolute Gasteiger partial charge is 0.480 e. The Kier molecular flexibility index (Phi) is 8.01. The molecule has 0 aromatic heterocycles. The summed E-state index contributed by atoms with van der Waals surface area (Å²) in [6.07, 6.45) is 0.632. The molecule has 1 unspecified atom stereocenters. The van der Waals surface area contributed by atoms with Crippen LogP contribution in [0.25, 0.3) is 0 Å². The van der Waals surface area contributed by atoms with Gasteiger partial charge in [-0.3, -0.25) is 4.79 Å². The van der Waals surface area contributed by atoms with Gasteiger partial charge in [0.05, 0.1) is 11.0 Å². The summed E-state index contributed by atoms with van der Waals surface area (Å²) in [6.45, 7) is 3.27. The van der Waals surface area contributed by atoms with E-state index in [-0.39, 0.29) is 17.4 Å². The standard InChI is InChI=1S/C10H19NO5S2/c1-8(2)18(15,16)6-5-17-4-3-9(10(13)14)11-7-12/h7-9H,3-6H2,1-2H3,(H,11,12)(H,13,14). The summed E-state index contributed by atoms with van der Waals surface area (Å²) < 4.78 is 22.9. The van der Waals surface area contributed by atoms with E-state index in [9.17, 15) is 18.0 Å². The third-order valence-corrected chi connectivity index (χ3v) is 5.83. The zero-order valence-corrected chi connectivity index (χ0v) is 12.1. The number of carboxylic acids is 1. The second kappa shape index (κ2) is 8.36. The van der Waals surface area contributed by atoms with Crippen LogP contribution in [0, 0.1) is 0 Å². The number of carboxylic acid groups (broad SMARTS) is 1. The monoisotopic (exact) mass is 297 g/mol. The third-order valence-electron chi connectivity index (χ3n) is 2.35. The van der Waals surface area contributed by atoms with Gasteiger partial charge in [-0.05, 0) is 26.0 Å². The number of carbonyl (C=O) groups excluding carboxylic acids is 1. The third kappa shape index (κ3) is 6.85. The van der Waals surface area contributed by atoms with Crippen LogP contribution in [-0.2, 0) is 19.4 Å². The number of carbonyl (C=O) groups is 2. The van der Waals surface area contributed by atoms with Gasteiger partial charge in [-0.1, -0.05) is 0 Å². The maximum Gasteiger partial charge on any atom is 0.326 e. The molecular weight excluding hydrogens is 278 g/mol. The second-order valence-corrected chi connectivity index (χ2v) is 7.89. The fourth-order valence-corrected chi connectivity index (χ4v) is 3.55. The summed E-state index contributed by atoms with van der Waals surface area (Å²) in [4.78, 5) is 20.8. The Labute approximate surface area is 111 Å². The van der Waals surface area contributed by atoms with Gasteiger partial charge in [-0.25, -0.2) is 13.2 Å². The van der Waals surface area contributed by atoms with Crippen molar-refractivity contribution in [2.45, 2.75) is 31.6 Å². The topological polar surface area (TPSA) is 101 Å². The van der Waals surface area contributed by atoms with Crippen LogP contribution in [0.1, 0.15) is 20.3 Å². The van der Waals surface area contributed by atoms with E-state index in [1.54, 1.807) is 13.8 Å². The van der Waals surface area contributed by atoms with E-state index in [1.807, 2.05) is 0 Å². The molecule has 0 aliphatic carbocycles. The summed E-state index contributed by atoms with van der Waals surface area (Å²) in [5, 5.41) is 10.5. The molecule has 0 rings (SSSR count). The lowest BCUT2D eigenvalue weighted by atomic mass is 10.2. The van der Waals surface area contributed by atoms with E-state index in [4.69, 9.17) is 5.11 Å². The van der Waals surface area contributed by atoms with Gasteiger partial charge in [0.15, 0.2) is 9.84 Å². The van der Waals surface area contributed by atoms with Gasteiger partial charge < -0.3 is 10.4 Å². The van der Waals surface area contributed by atoms with Crippen molar-refractivity contribution in [3.8, 4) is 0 Å². The Balaban J connectivity index is 3.86. The maximum absolute atomic E-state index is 11.5. The number of aliphatic carboxylic acids is 1. The summed E-state index contributed by atoms with van der Waals surface area (Å²) in [7, 11) is -3.03. The van der Waals surface area contributed by atoms with Crippen LogP contribution in [0.3, 0.4) is 0 Å². The number of hydrogen-bond acceptors (Lipinski definition) is 5. The van der Waals surface area contributed by atoms with E-state index in [0.29, 0.717) is 17.9 Å². The van der Waals surface area contributed by atoms with Crippen molar-refractivity contribution >= 4 is 34.0 Å². The molecule has 2 N–H and O–H groups in total. The Morgan fingerprint density at radius 2 is 2.00 bits per heavy atom. The quantitative estimate of drug-likeness (QED) is 0.439. The number of thioether (sulfide) groups is 1. The minimum Gasteiger partial charge on any atom is -0.480 e. The molecule has 0 bridgehead atoms. The van der Waals surface area contributed by atoms with Crippen molar-refractivity contribution < 1.29 is 23.1 Å².